The van der Waals surface area contributed by atoms with E-state index in [9.17, 15) is 0 Å². The fourth-order valence-corrected chi connectivity index (χ4v) is 3.17. The third-order valence-electron chi connectivity index (χ3n) is 4.16. The van der Waals surface area contributed by atoms with Crippen LogP contribution in [0.25, 0.3) is 5.65 Å². The lowest BCUT2D eigenvalue weighted by atomic mass is 10.0. The van der Waals surface area contributed by atoms with E-state index in [4.69, 9.17) is 9.97 Å². The van der Waals surface area contributed by atoms with E-state index >= 15 is 0 Å². The molecule has 0 aliphatic heterocycles. The highest BCUT2D eigenvalue weighted by molar-refractivity contribution is 5.39. The molecule has 0 bridgehead atoms. The van der Waals surface area contributed by atoms with Gasteiger partial charge in [0.25, 0.3) is 0 Å². The summed E-state index contributed by atoms with van der Waals surface area (Å²) in [5, 5.41) is 0. The molecule has 3 aromatic heterocycles. The minimum Gasteiger partial charge on any atom is -0.326 e. The van der Waals surface area contributed by atoms with Crippen LogP contribution in [0.1, 0.15) is 35.7 Å². The Kier molecular flexibility index (Phi) is 2.62. The van der Waals surface area contributed by atoms with Crippen molar-refractivity contribution in [2.75, 3.05) is 0 Å². The van der Waals surface area contributed by atoms with Crippen LogP contribution in [-0.2, 0) is 19.4 Å². The Balaban J connectivity index is 1.73. The van der Waals surface area contributed by atoms with Gasteiger partial charge in [-0.2, -0.15) is 0 Å². The molecule has 1 aliphatic rings. The summed E-state index contributed by atoms with van der Waals surface area (Å²) in [6.45, 7) is 2.93. The summed E-state index contributed by atoms with van der Waals surface area (Å²) in [6.07, 6.45) is 9.01. The van der Waals surface area contributed by atoms with Gasteiger partial charge in [0.2, 0.25) is 0 Å². The van der Waals surface area contributed by atoms with Gasteiger partial charge in [-0.3, -0.25) is 0 Å². The Hall–Kier alpha value is -2.10. The highest BCUT2D eigenvalue weighted by Crippen LogP contribution is 2.23. The lowest BCUT2D eigenvalue weighted by Crippen LogP contribution is -2.10. The molecule has 1 aliphatic carbocycles. The molecular weight excluding hydrogens is 248 g/mol. The summed E-state index contributed by atoms with van der Waals surface area (Å²) in [4.78, 5) is 9.42. The maximum Gasteiger partial charge on any atom is 0.137 e. The summed E-state index contributed by atoms with van der Waals surface area (Å²) in [5.74, 6) is 1.12. The molecule has 3 heterocycles. The Morgan fingerprint density at radius 2 is 2.05 bits per heavy atom. The molecule has 0 saturated carbocycles. The van der Waals surface area contributed by atoms with Crippen LogP contribution in [0.2, 0.25) is 0 Å². The number of rotatable bonds is 2. The summed E-state index contributed by atoms with van der Waals surface area (Å²) < 4.78 is 4.42. The molecule has 0 aromatic carbocycles. The second-order valence-corrected chi connectivity index (χ2v) is 5.54. The van der Waals surface area contributed by atoms with E-state index in [0.29, 0.717) is 0 Å². The van der Waals surface area contributed by atoms with Crippen LogP contribution < -0.4 is 0 Å². The molecule has 0 radical (unpaired) electrons. The molecule has 0 atom stereocenters. The summed E-state index contributed by atoms with van der Waals surface area (Å²) in [6, 6.07) is 6.10. The first kappa shape index (κ1) is 11.7. The van der Waals surface area contributed by atoms with E-state index < -0.39 is 0 Å². The maximum absolute atomic E-state index is 4.73. The molecule has 0 amide bonds. The average Bonchev–Trinajstić information content (AvgIpc) is 3.00. The van der Waals surface area contributed by atoms with Crippen molar-refractivity contribution in [3.05, 3.63) is 53.5 Å². The fraction of sp³-hybridized carbons (Fsp3) is 0.375. The molecule has 3 aromatic rings. The van der Waals surface area contributed by atoms with Gasteiger partial charge in [0.05, 0.1) is 17.9 Å². The van der Waals surface area contributed by atoms with Gasteiger partial charge < -0.3 is 8.97 Å². The molecule has 20 heavy (non-hydrogen) atoms. The Morgan fingerprint density at radius 1 is 1.15 bits per heavy atom. The van der Waals surface area contributed by atoms with Crippen LogP contribution in [0.15, 0.2) is 30.6 Å². The number of pyridine rings is 1. The van der Waals surface area contributed by atoms with E-state index in [2.05, 4.69) is 22.1 Å². The SMILES string of the molecule is Cc1nc2c(n1Cc1cn3ccccc3n1)CCCC2. The number of aryl methyl sites for hydroxylation is 2. The van der Waals surface area contributed by atoms with Crippen molar-refractivity contribution in [2.45, 2.75) is 39.2 Å². The van der Waals surface area contributed by atoms with Crippen molar-refractivity contribution >= 4 is 5.65 Å². The molecule has 0 fully saturated rings. The van der Waals surface area contributed by atoms with Crippen molar-refractivity contribution in [3.8, 4) is 0 Å². The number of hydrogen-bond donors (Lipinski definition) is 0. The van der Waals surface area contributed by atoms with Crippen LogP contribution in [0, 0.1) is 6.92 Å². The highest BCUT2D eigenvalue weighted by Gasteiger charge is 2.18. The zero-order valence-corrected chi connectivity index (χ0v) is 11.7. The Labute approximate surface area is 118 Å². The monoisotopic (exact) mass is 266 g/mol. The molecule has 0 unspecified atom stereocenters. The number of aromatic nitrogens is 4. The number of imidazole rings is 2. The minimum absolute atomic E-state index is 0.829. The standard InChI is InChI=1S/C16H18N4/c1-12-17-14-6-2-3-7-15(14)20(12)11-13-10-19-9-5-4-8-16(19)18-13/h4-5,8-10H,2-3,6-7,11H2,1H3. The first-order valence-electron chi connectivity index (χ1n) is 7.29. The predicted octanol–water partition coefficient (Wildman–Crippen LogP) is 2.77. The van der Waals surface area contributed by atoms with Gasteiger partial charge in [-0.1, -0.05) is 6.07 Å². The Bertz CT molecular complexity index is 733. The quantitative estimate of drug-likeness (QED) is 0.715. The van der Waals surface area contributed by atoms with E-state index in [0.717, 1.165) is 36.6 Å². The smallest absolute Gasteiger partial charge is 0.137 e. The molecule has 0 spiro atoms. The molecule has 4 nitrogen and oxygen atoms in total. The van der Waals surface area contributed by atoms with E-state index in [-0.39, 0.29) is 0 Å². The number of nitrogens with zero attached hydrogens (tertiary/aromatic N) is 4. The molecule has 4 heteroatoms. The summed E-state index contributed by atoms with van der Waals surface area (Å²) >= 11 is 0. The maximum atomic E-state index is 4.73. The van der Waals surface area contributed by atoms with Gasteiger partial charge in [-0.25, -0.2) is 9.97 Å². The van der Waals surface area contributed by atoms with Crippen LogP contribution in [0.4, 0.5) is 0 Å². The van der Waals surface area contributed by atoms with Gasteiger partial charge in [0, 0.05) is 18.1 Å². The highest BCUT2D eigenvalue weighted by atomic mass is 15.1. The van der Waals surface area contributed by atoms with Crippen LogP contribution in [-0.4, -0.2) is 18.9 Å². The van der Waals surface area contributed by atoms with Crippen LogP contribution in [0.3, 0.4) is 0 Å². The molecular formula is C16H18N4. The number of hydrogen-bond acceptors (Lipinski definition) is 2. The molecule has 0 saturated heterocycles. The predicted molar refractivity (Wildman–Crippen MR) is 77.9 cm³/mol. The van der Waals surface area contributed by atoms with Crippen molar-refractivity contribution in [1.29, 1.82) is 0 Å². The third kappa shape index (κ3) is 1.83. The normalized spacial score (nSPS) is 14.7. The lowest BCUT2D eigenvalue weighted by molar-refractivity contribution is 0.621. The van der Waals surface area contributed by atoms with Crippen molar-refractivity contribution < 1.29 is 0 Å². The van der Waals surface area contributed by atoms with Gasteiger partial charge in [-0.15, -0.1) is 0 Å². The topological polar surface area (TPSA) is 35.1 Å². The third-order valence-corrected chi connectivity index (χ3v) is 4.16. The second-order valence-electron chi connectivity index (χ2n) is 5.54. The van der Waals surface area contributed by atoms with Crippen LogP contribution in [0.5, 0.6) is 0 Å². The van der Waals surface area contributed by atoms with E-state index in [1.54, 1.807) is 0 Å². The largest absolute Gasteiger partial charge is 0.326 e. The van der Waals surface area contributed by atoms with E-state index in [1.165, 1.54) is 24.2 Å². The van der Waals surface area contributed by atoms with E-state index in [1.807, 2.05) is 24.4 Å². The van der Waals surface area contributed by atoms with Gasteiger partial charge in [0.15, 0.2) is 0 Å². The van der Waals surface area contributed by atoms with Gasteiger partial charge in [-0.05, 0) is 44.7 Å². The minimum atomic E-state index is 0.829. The Morgan fingerprint density at radius 3 is 2.95 bits per heavy atom. The first-order valence-corrected chi connectivity index (χ1v) is 7.29. The van der Waals surface area contributed by atoms with Crippen molar-refractivity contribution in [3.63, 3.8) is 0 Å². The van der Waals surface area contributed by atoms with Gasteiger partial charge in [0.1, 0.15) is 11.5 Å². The van der Waals surface area contributed by atoms with Gasteiger partial charge >= 0.3 is 0 Å². The summed E-state index contributed by atoms with van der Waals surface area (Å²) in [5.41, 5.74) is 4.84. The zero-order valence-electron chi connectivity index (χ0n) is 11.7. The lowest BCUT2D eigenvalue weighted by Gasteiger charge is -2.13. The number of fused-ring (bicyclic) bond motifs is 2. The molecule has 0 N–H and O–H groups in total. The zero-order chi connectivity index (χ0) is 13.5. The summed E-state index contributed by atoms with van der Waals surface area (Å²) in [7, 11) is 0. The molecule has 102 valence electrons. The molecule has 4 rings (SSSR count). The van der Waals surface area contributed by atoms with Crippen molar-refractivity contribution in [1.82, 2.24) is 18.9 Å². The van der Waals surface area contributed by atoms with Crippen molar-refractivity contribution in [2.24, 2.45) is 0 Å². The fourth-order valence-electron chi connectivity index (χ4n) is 3.17. The average molecular weight is 266 g/mol. The first-order chi connectivity index (χ1) is 9.81. The van der Waals surface area contributed by atoms with Crippen LogP contribution >= 0.6 is 0 Å². The second kappa shape index (κ2) is 4.47.